The Labute approximate surface area is 152 Å². The van der Waals surface area contributed by atoms with E-state index in [9.17, 15) is 18.0 Å². The molecule has 0 aromatic carbocycles. The van der Waals surface area contributed by atoms with Crippen LogP contribution in [0.5, 0.6) is 0 Å². The zero-order valence-electron chi connectivity index (χ0n) is 14.6. The van der Waals surface area contributed by atoms with Gasteiger partial charge in [0.15, 0.2) is 0 Å². The van der Waals surface area contributed by atoms with Gasteiger partial charge in [-0.2, -0.15) is 4.72 Å². The Balaban J connectivity index is 2.42. The van der Waals surface area contributed by atoms with E-state index in [1.807, 2.05) is 0 Å². The third kappa shape index (κ3) is 8.03. The Morgan fingerprint density at radius 1 is 1.38 bits per heavy atom. The maximum atomic E-state index is 11.9. The van der Waals surface area contributed by atoms with Gasteiger partial charge in [0.25, 0.3) is 0 Å². The molecule has 10 nitrogen and oxygen atoms in total. The van der Waals surface area contributed by atoms with Crippen LogP contribution >= 0.6 is 0 Å². The Bertz CT molecular complexity index is 748. The number of carbonyl (C=O) groups is 2. The zero-order chi connectivity index (χ0) is 19.7. The second kappa shape index (κ2) is 9.82. The first-order chi connectivity index (χ1) is 12.1. The number of carbonyl (C=O) groups excluding carboxylic acids is 2. The molecule has 0 fully saturated rings. The molecule has 0 saturated heterocycles. The van der Waals surface area contributed by atoms with Crippen LogP contribution in [0.1, 0.15) is 24.1 Å². The van der Waals surface area contributed by atoms with Crippen LogP contribution in [0, 0.1) is 5.41 Å². The van der Waals surface area contributed by atoms with Crippen molar-refractivity contribution < 1.29 is 22.7 Å². The lowest BCUT2D eigenvalue weighted by molar-refractivity contribution is -0.142. The summed E-state index contributed by atoms with van der Waals surface area (Å²) >= 11 is 0. The third-order valence-electron chi connectivity index (χ3n) is 3.32. The molecule has 11 heteroatoms. The van der Waals surface area contributed by atoms with Crippen molar-refractivity contribution in [2.24, 2.45) is 5.73 Å². The van der Waals surface area contributed by atoms with Crippen LogP contribution in [0.3, 0.4) is 0 Å². The van der Waals surface area contributed by atoms with Gasteiger partial charge in [0.1, 0.15) is 11.9 Å². The van der Waals surface area contributed by atoms with Crippen molar-refractivity contribution >= 4 is 27.7 Å². The van der Waals surface area contributed by atoms with Crippen LogP contribution in [0.2, 0.25) is 0 Å². The van der Waals surface area contributed by atoms with E-state index < -0.39 is 22.0 Å². The first kappa shape index (κ1) is 21.5. The van der Waals surface area contributed by atoms with Gasteiger partial charge in [-0.1, -0.05) is 0 Å². The van der Waals surface area contributed by atoms with Crippen molar-refractivity contribution in [1.29, 1.82) is 5.41 Å². The number of aromatic nitrogens is 1. The van der Waals surface area contributed by atoms with E-state index in [0.717, 1.165) is 19.1 Å². The van der Waals surface area contributed by atoms with Crippen molar-refractivity contribution in [3.8, 4) is 0 Å². The number of aryl methyl sites for hydroxylation is 1. The summed E-state index contributed by atoms with van der Waals surface area (Å²) in [6.07, 6.45) is 3.65. The molecule has 5 N–H and O–H groups in total. The summed E-state index contributed by atoms with van der Waals surface area (Å²) in [5.74, 6) is -1.17. The van der Waals surface area contributed by atoms with Gasteiger partial charge in [-0.15, -0.1) is 0 Å². The predicted molar refractivity (Wildman–Crippen MR) is 95.0 cm³/mol. The molecule has 0 aliphatic rings. The highest BCUT2D eigenvalue weighted by Gasteiger charge is 2.23. The van der Waals surface area contributed by atoms with E-state index in [-0.39, 0.29) is 24.7 Å². The number of amidine groups is 1. The fourth-order valence-corrected chi connectivity index (χ4v) is 2.74. The molecule has 1 amide bonds. The maximum absolute atomic E-state index is 11.9. The van der Waals surface area contributed by atoms with E-state index in [1.165, 1.54) is 6.20 Å². The summed E-state index contributed by atoms with van der Waals surface area (Å²) < 4.78 is 29.1. The smallest absolute Gasteiger partial charge is 0.325 e. The second-order valence-corrected chi connectivity index (χ2v) is 7.36. The van der Waals surface area contributed by atoms with Gasteiger partial charge in [0.05, 0.1) is 13.4 Å². The van der Waals surface area contributed by atoms with Crippen molar-refractivity contribution in [2.45, 2.75) is 25.3 Å². The topological polar surface area (TPSA) is 164 Å². The Morgan fingerprint density at radius 3 is 2.58 bits per heavy atom. The molecule has 1 rings (SSSR count). The molecule has 0 bridgehead atoms. The van der Waals surface area contributed by atoms with Crippen molar-refractivity contribution in [1.82, 2.24) is 15.0 Å². The van der Waals surface area contributed by atoms with E-state index in [0.29, 0.717) is 18.4 Å². The number of methoxy groups -OCH3 is 1. The van der Waals surface area contributed by atoms with Crippen molar-refractivity contribution in [3.05, 3.63) is 29.6 Å². The van der Waals surface area contributed by atoms with Crippen LogP contribution in [0.4, 0.5) is 0 Å². The Kier molecular flexibility index (Phi) is 8.13. The number of nitrogens with zero attached hydrogens (tertiary/aromatic N) is 1. The number of esters is 1. The molecule has 1 unspecified atom stereocenters. The first-order valence-corrected chi connectivity index (χ1v) is 9.62. The Hall–Kier alpha value is -2.53. The average molecular weight is 385 g/mol. The van der Waals surface area contributed by atoms with Gasteiger partial charge >= 0.3 is 5.97 Å². The normalized spacial score (nSPS) is 12.2. The van der Waals surface area contributed by atoms with Gasteiger partial charge in [-0.3, -0.25) is 20.0 Å². The molecule has 1 aromatic heterocycles. The van der Waals surface area contributed by atoms with Crippen LogP contribution in [0.25, 0.3) is 0 Å². The minimum atomic E-state index is -3.62. The summed E-state index contributed by atoms with van der Waals surface area (Å²) in [5, 5.41) is 9.79. The van der Waals surface area contributed by atoms with Crippen LogP contribution in [0.15, 0.2) is 18.3 Å². The van der Waals surface area contributed by atoms with E-state index >= 15 is 0 Å². The van der Waals surface area contributed by atoms with Crippen LogP contribution in [-0.4, -0.2) is 57.1 Å². The van der Waals surface area contributed by atoms with Crippen molar-refractivity contribution in [2.75, 3.05) is 19.9 Å². The number of hydrogen-bond acceptors (Lipinski definition) is 7. The number of nitrogens with two attached hydrogens (primary N) is 1. The van der Waals surface area contributed by atoms with Gasteiger partial charge in [-0.05, 0) is 25.0 Å². The number of pyridine rings is 1. The number of hydrogen-bond donors (Lipinski definition) is 4. The number of sulfonamides is 1. The fraction of sp³-hybridized carbons (Fsp3) is 0.467. The highest BCUT2D eigenvalue weighted by molar-refractivity contribution is 7.88. The number of nitrogen functional groups attached to an aromatic ring is 1. The SMILES string of the molecule is COC(=O)C(CNC(=O)CCCc1ccc(C(=N)N)cn1)NS(C)(=O)=O. The minimum Gasteiger partial charge on any atom is -0.468 e. The molecule has 26 heavy (non-hydrogen) atoms. The summed E-state index contributed by atoms with van der Waals surface area (Å²) in [7, 11) is -2.49. The number of ether oxygens (including phenoxy) is 1. The molecular formula is C15H23N5O5S. The van der Waals surface area contributed by atoms with Gasteiger partial charge in [0, 0.05) is 30.4 Å². The minimum absolute atomic E-state index is 0.0636. The Morgan fingerprint density at radius 2 is 2.08 bits per heavy atom. The van der Waals surface area contributed by atoms with E-state index in [4.69, 9.17) is 11.1 Å². The zero-order valence-corrected chi connectivity index (χ0v) is 15.4. The van der Waals surface area contributed by atoms with Crippen LogP contribution < -0.4 is 15.8 Å². The molecule has 0 spiro atoms. The highest BCUT2D eigenvalue weighted by Crippen LogP contribution is 2.04. The lowest BCUT2D eigenvalue weighted by atomic mass is 10.1. The monoisotopic (exact) mass is 385 g/mol. The third-order valence-corrected chi connectivity index (χ3v) is 4.03. The summed E-state index contributed by atoms with van der Waals surface area (Å²) in [4.78, 5) is 27.6. The lowest BCUT2D eigenvalue weighted by Crippen LogP contribution is -2.48. The highest BCUT2D eigenvalue weighted by atomic mass is 32.2. The molecule has 1 heterocycles. The quantitative estimate of drug-likeness (QED) is 0.225. The molecule has 0 aliphatic heterocycles. The van der Waals surface area contributed by atoms with Crippen LogP contribution in [-0.2, 0) is 30.8 Å². The number of rotatable bonds is 10. The summed E-state index contributed by atoms with van der Waals surface area (Å²) in [6.45, 7) is -0.204. The molecule has 1 atom stereocenters. The average Bonchev–Trinajstić information content (AvgIpc) is 2.57. The number of amides is 1. The maximum Gasteiger partial charge on any atom is 0.325 e. The van der Waals surface area contributed by atoms with Crippen molar-refractivity contribution in [3.63, 3.8) is 0 Å². The lowest BCUT2D eigenvalue weighted by Gasteiger charge is -2.15. The first-order valence-electron chi connectivity index (χ1n) is 7.73. The summed E-state index contributed by atoms with van der Waals surface area (Å²) in [5.41, 5.74) is 6.63. The molecule has 1 aromatic rings. The fourth-order valence-electron chi connectivity index (χ4n) is 2.04. The van der Waals surface area contributed by atoms with Gasteiger partial charge in [-0.25, -0.2) is 8.42 Å². The summed E-state index contributed by atoms with van der Waals surface area (Å²) in [6, 6.07) is 2.24. The van der Waals surface area contributed by atoms with E-state index in [2.05, 4.69) is 19.8 Å². The predicted octanol–water partition coefficient (Wildman–Crippen LogP) is -1.10. The molecule has 144 valence electrons. The van der Waals surface area contributed by atoms with E-state index in [1.54, 1.807) is 12.1 Å². The molecule has 0 radical (unpaired) electrons. The van der Waals surface area contributed by atoms with Gasteiger partial charge in [0.2, 0.25) is 15.9 Å². The molecule has 0 saturated carbocycles. The second-order valence-electron chi connectivity index (χ2n) is 5.58. The largest absolute Gasteiger partial charge is 0.468 e. The molecule has 0 aliphatic carbocycles. The van der Waals surface area contributed by atoms with Gasteiger partial charge < -0.3 is 15.8 Å². The standard InChI is InChI=1S/C15H23N5O5S/c1-25-15(22)12(20-26(2,23)24)9-19-13(21)5-3-4-11-7-6-10(8-18-11)14(16)17/h6-8,12,20H,3-5,9H2,1-2H3,(H3,16,17)(H,19,21). The number of nitrogens with one attached hydrogen (secondary N) is 3. The molecular weight excluding hydrogens is 362 g/mol.